The predicted octanol–water partition coefficient (Wildman–Crippen LogP) is 4.94. The normalized spacial score (nSPS) is 11.0. The Hall–Kier alpha value is -2.24. The van der Waals surface area contributed by atoms with E-state index in [9.17, 15) is 4.79 Å². The second kappa shape index (κ2) is 9.46. The Morgan fingerprint density at radius 3 is 2.54 bits per heavy atom. The lowest BCUT2D eigenvalue weighted by molar-refractivity contribution is 0.0955. The first kappa shape index (κ1) is 20.1. The lowest BCUT2D eigenvalue weighted by Gasteiger charge is -2.16. The Labute approximate surface area is 162 Å². The van der Waals surface area contributed by atoms with Crippen LogP contribution in [0.1, 0.15) is 36.7 Å². The van der Waals surface area contributed by atoms with Crippen molar-refractivity contribution in [2.45, 2.75) is 26.9 Å². The van der Waals surface area contributed by atoms with Crippen molar-refractivity contribution in [2.75, 3.05) is 6.61 Å². The minimum atomic E-state index is -0.339. The molecular formula is C19H20Cl2N2O3. The molecule has 0 bridgehead atoms. The Balaban J connectivity index is 2.14. The summed E-state index contributed by atoms with van der Waals surface area (Å²) in [6.07, 6.45) is 1.45. The first-order chi connectivity index (χ1) is 12.4. The van der Waals surface area contributed by atoms with E-state index in [1.807, 2.05) is 20.8 Å². The Kier molecular flexibility index (Phi) is 7.30. The third-order valence-electron chi connectivity index (χ3n) is 3.17. The number of amides is 1. The van der Waals surface area contributed by atoms with Crippen molar-refractivity contribution in [1.82, 2.24) is 5.43 Å². The minimum Gasteiger partial charge on any atom is -0.490 e. The molecule has 2 aromatic carbocycles. The fourth-order valence-corrected chi connectivity index (χ4v) is 2.50. The summed E-state index contributed by atoms with van der Waals surface area (Å²) >= 11 is 12.1. The number of hydrogen-bond donors (Lipinski definition) is 1. The molecule has 0 fully saturated rings. The molecule has 0 unspecified atom stereocenters. The fourth-order valence-electron chi connectivity index (χ4n) is 2.11. The Morgan fingerprint density at radius 2 is 1.92 bits per heavy atom. The van der Waals surface area contributed by atoms with Crippen LogP contribution in [-0.2, 0) is 0 Å². The van der Waals surface area contributed by atoms with Crippen LogP contribution >= 0.6 is 23.2 Å². The molecule has 0 saturated heterocycles. The zero-order valence-corrected chi connectivity index (χ0v) is 16.3. The van der Waals surface area contributed by atoms with Gasteiger partial charge in [-0.2, -0.15) is 5.10 Å². The van der Waals surface area contributed by atoms with E-state index in [1.54, 1.807) is 36.4 Å². The molecule has 2 rings (SSSR count). The molecule has 0 saturated carbocycles. The van der Waals surface area contributed by atoms with E-state index < -0.39 is 0 Å². The van der Waals surface area contributed by atoms with Crippen molar-refractivity contribution in [3.05, 3.63) is 57.6 Å². The van der Waals surface area contributed by atoms with Crippen molar-refractivity contribution in [3.8, 4) is 11.5 Å². The molecule has 0 aliphatic heterocycles. The standard InChI is InChI=1S/C19H20Cl2N2O3/c1-4-25-17-10-13(9-16(21)18(17)26-12(2)3)11-22-23-19(24)14-5-7-15(20)8-6-14/h5-12H,4H2,1-3H3,(H,23,24)/b22-11-. The molecule has 0 heterocycles. The van der Waals surface area contributed by atoms with E-state index in [2.05, 4.69) is 10.5 Å². The van der Waals surface area contributed by atoms with Crippen LogP contribution < -0.4 is 14.9 Å². The molecule has 0 spiro atoms. The maximum atomic E-state index is 12.0. The van der Waals surface area contributed by atoms with Crippen molar-refractivity contribution >= 4 is 35.3 Å². The molecule has 0 aromatic heterocycles. The Bertz CT molecular complexity index is 790. The van der Waals surface area contributed by atoms with E-state index in [0.717, 1.165) is 0 Å². The van der Waals surface area contributed by atoms with Gasteiger partial charge in [-0.15, -0.1) is 0 Å². The van der Waals surface area contributed by atoms with Crippen LogP contribution in [0.2, 0.25) is 10.0 Å². The maximum absolute atomic E-state index is 12.0. The summed E-state index contributed by atoms with van der Waals surface area (Å²) in [7, 11) is 0. The molecule has 5 nitrogen and oxygen atoms in total. The number of nitrogens with zero attached hydrogens (tertiary/aromatic N) is 1. The lowest BCUT2D eigenvalue weighted by Crippen LogP contribution is -2.17. The van der Waals surface area contributed by atoms with Crippen LogP contribution in [0.25, 0.3) is 0 Å². The molecule has 26 heavy (non-hydrogen) atoms. The smallest absolute Gasteiger partial charge is 0.271 e. The van der Waals surface area contributed by atoms with Crippen molar-refractivity contribution in [1.29, 1.82) is 0 Å². The molecular weight excluding hydrogens is 375 g/mol. The number of hydrazone groups is 1. The quantitative estimate of drug-likeness (QED) is 0.534. The minimum absolute atomic E-state index is 0.0371. The zero-order chi connectivity index (χ0) is 19.1. The van der Waals surface area contributed by atoms with Crippen molar-refractivity contribution in [2.24, 2.45) is 5.10 Å². The van der Waals surface area contributed by atoms with E-state index in [1.165, 1.54) is 6.21 Å². The zero-order valence-electron chi connectivity index (χ0n) is 14.8. The number of halogens is 2. The molecule has 1 N–H and O–H groups in total. The second-order valence-corrected chi connectivity index (χ2v) is 6.48. The summed E-state index contributed by atoms with van der Waals surface area (Å²) in [5.74, 6) is 0.679. The number of nitrogens with one attached hydrogen (secondary N) is 1. The van der Waals surface area contributed by atoms with Gasteiger partial charge in [-0.25, -0.2) is 5.43 Å². The van der Waals surface area contributed by atoms with Gasteiger partial charge in [0, 0.05) is 10.6 Å². The summed E-state index contributed by atoms with van der Waals surface area (Å²) in [6, 6.07) is 9.97. The maximum Gasteiger partial charge on any atom is 0.271 e. The first-order valence-corrected chi connectivity index (χ1v) is 8.88. The van der Waals surface area contributed by atoms with Crippen molar-refractivity contribution < 1.29 is 14.3 Å². The summed E-state index contributed by atoms with van der Waals surface area (Å²) in [4.78, 5) is 12.0. The van der Waals surface area contributed by atoms with Gasteiger partial charge in [0.2, 0.25) is 0 Å². The lowest BCUT2D eigenvalue weighted by atomic mass is 10.2. The van der Waals surface area contributed by atoms with Gasteiger partial charge in [-0.05, 0) is 62.7 Å². The summed E-state index contributed by atoms with van der Waals surface area (Å²) in [6.45, 7) is 6.17. The number of carbonyl (C=O) groups is 1. The molecule has 0 atom stereocenters. The summed E-state index contributed by atoms with van der Waals surface area (Å²) in [5.41, 5.74) is 3.59. The highest BCUT2D eigenvalue weighted by molar-refractivity contribution is 6.32. The van der Waals surface area contributed by atoms with Gasteiger partial charge in [-0.3, -0.25) is 4.79 Å². The van der Waals surface area contributed by atoms with Crippen molar-refractivity contribution in [3.63, 3.8) is 0 Å². The third-order valence-corrected chi connectivity index (χ3v) is 3.70. The highest BCUT2D eigenvalue weighted by Crippen LogP contribution is 2.37. The van der Waals surface area contributed by atoms with Gasteiger partial charge >= 0.3 is 0 Å². The largest absolute Gasteiger partial charge is 0.490 e. The van der Waals surface area contributed by atoms with Crippen LogP contribution in [0.3, 0.4) is 0 Å². The van der Waals surface area contributed by atoms with Gasteiger partial charge in [0.25, 0.3) is 5.91 Å². The molecule has 7 heteroatoms. The van der Waals surface area contributed by atoms with Crippen LogP contribution in [0.4, 0.5) is 0 Å². The Morgan fingerprint density at radius 1 is 1.23 bits per heavy atom. The number of hydrogen-bond acceptors (Lipinski definition) is 4. The SMILES string of the molecule is CCOc1cc(/C=N\NC(=O)c2ccc(Cl)cc2)cc(Cl)c1OC(C)C. The average molecular weight is 395 g/mol. The average Bonchev–Trinajstić information content (AvgIpc) is 2.58. The van der Waals surface area contributed by atoms with Gasteiger partial charge in [-0.1, -0.05) is 23.2 Å². The van der Waals surface area contributed by atoms with Crippen LogP contribution in [0, 0.1) is 0 Å². The highest BCUT2D eigenvalue weighted by Gasteiger charge is 2.13. The number of benzene rings is 2. The van der Waals surface area contributed by atoms with Gasteiger partial charge in [0.1, 0.15) is 0 Å². The molecule has 0 radical (unpaired) electrons. The van der Waals surface area contributed by atoms with Crippen LogP contribution in [0.15, 0.2) is 41.5 Å². The topological polar surface area (TPSA) is 59.9 Å². The molecule has 1 amide bonds. The third kappa shape index (κ3) is 5.64. The molecule has 0 aliphatic rings. The number of carbonyl (C=O) groups excluding carboxylic acids is 1. The van der Waals surface area contributed by atoms with E-state index >= 15 is 0 Å². The summed E-state index contributed by atoms with van der Waals surface area (Å²) in [5, 5.41) is 4.93. The monoisotopic (exact) mass is 394 g/mol. The summed E-state index contributed by atoms with van der Waals surface area (Å²) < 4.78 is 11.3. The molecule has 138 valence electrons. The van der Waals surface area contributed by atoms with Gasteiger partial charge in [0.15, 0.2) is 11.5 Å². The molecule has 0 aliphatic carbocycles. The molecule has 2 aromatic rings. The predicted molar refractivity (Wildman–Crippen MR) is 105 cm³/mol. The highest BCUT2D eigenvalue weighted by atomic mass is 35.5. The number of ether oxygens (including phenoxy) is 2. The van der Waals surface area contributed by atoms with Crippen LogP contribution in [0.5, 0.6) is 11.5 Å². The van der Waals surface area contributed by atoms with Crippen LogP contribution in [-0.4, -0.2) is 24.8 Å². The van der Waals surface area contributed by atoms with E-state index in [0.29, 0.717) is 39.3 Å². The van der Waals surface area contributed by atoms with E-state index in [-0.39, 0.29) is 12.0 Å². The fraction of sp³-hybridized carbons (Fsp3) is 0.263. The number of rotatable bonds is 7. The van der Waals surface area contributed by atoms with Gasteiger partial charge in [0.05, 0.1) is 23.9 Å². The second-order valence-electron chi connectivity index (χ2n) is 5.64. The van der Waals surface area contributed by atoms with E-state index in [4.69, 9.17) is 32.7 Å². The van der Waals surface area contributed by atoms with Gasteiger partial charge < -0.3 is 9.47 Å². The first-order valence-electron chi connectivity index (χ1n) is 8.12.